The van der Waals surface area contributed by atoms with E-state index in [0.29, 0.717) is 6.42 Å². The van der Waals surface area contributed by atoms with Gasteiger partial charge in [-0.1, -0.05) is 30.3 Å². The first-order valence-corrected chi connectivity index (χ1v) is 4.47. The summed E-state index contributed by atoms with van der Waals surface area (Å²) in [5.41, 5.74) is 0.997. The quantitative estimate of drug-likeness (QED) is 0.512. The van der Waals surface area contributed by atoms with Gasteiger partial charge in [-0.05, 0) is 5.56 Å². The molecule has 0 fully saturated rings. The number of ether oxygens (including phenoxy) is 2. The maximum atomic E-state index is 10.4. The summed E-state index contributed by atoms with van der Waals surface area (Å²) in [7, 11) is 1.56. The first-order valence-electron chi connectivity index (χ1n) is 4.47. The summed E-state index contributed by atoms with van der Waals surface area (Å²) in [5, 5.41) is 0. The molecule has 0 saturated carbocycles. The molecule has 0 saturated heterocycles. The predicted octanol–water partition coefficient (Wildman–Crippen LogP) is 1.94. The fraction of sp³-hybridized carbons (Fsp3) is 0.364. The summed E-state index contributed by atoms with van der Waals surface area (Å²) in [6.45, 7) is 0.202. The van der Waals surface area contributed by atoms with E-state index in [1.807, 2.05) is 30.3 Å². The van der Waals surface area contributed by atoms with Crippen molar-refractivity contribution in [1.29, 1.82) is 0 Å². The molecule has 0 unspecified atom stereocenters. The zero-order valence-electron chi connectivity index (χ0n) is 8.18. The van der Waals surface area contributed by atoms with E-state index in [9.17, 15) is 4.79 Å². The highest BCUT2D eigenvalue weighted by Gasteiger charge is 2.10. The van der Waals surface area contributed by atoms with Crippen LogP contribution in [0, 0.1) is 0 Å². The van der Waals surface area contributed by atoms with E-state index >= 15 is 0 Å². The van der Waals surface area contributed by atoms with Gasteiger partial charge in [0.05, 0.1) is 6.10 Å². The van der Waals surface area contributed by atoms with Gasteiger partial charge in [0.1, 0.15) is 13.1 Å². The Hall–Kier alpha value is -1.19. The fourth-order valence-electron chi connectivity index (χ4n) is 1.21. The lowest BCUT2D eigenvalue weighted by Gasteiger charge is -2.14. The Bertz CT molecular complexity index is 258. The smallest absolute Gasteiger partial charge is 0.147 e. The van der Waals surface area contributed by atoms with Crippen molar-refractivity contribution in [3.63, 3.8) is 0 Å². The molecule has 1 aromatic rings. The minimum Gasteiger partial charge on any atom is -0.359 e. The lowest BCUT2D eigenvalue weighted by Crippen LogP contribution is -2.07. The van der Waals surface area contributed by atoms with Crippen molar-refractivity contribution in [2.24, 2.45) is 0 Å². The summed E-state index contributed by atoms with van der Waals surface area (Å²) in [5.74, 6) is 0. The molecule has 0 bridgehead atoms. The van der Waals surface area contributed by atoms with E-state index in [2.05, 4.69) is 0 Å². The lowest BCUT2D eigenvalue weighted by atomic mass is 10.1. The summed E-state index contributed by atoms with van der Waals surface area (Å²) < 4.78 is 10.2. The van der Waals surface area contributed by atoms with Crippen LogP contribution in [0.3, 0.4) is 0 Å². The van der Waals surface area contributed by atoms with Crippen LogP contribution in [0.5, 0.6) is 0 Å². The van der Waals surface area contributed by atoms with Gasteiger partial charge in [-0.2, -0.15) is 0 Å². The molecule has 0 aliphatic rings. The highest BCUT2D eigenvalue weighted by molar-refractivity contribution is 5.51. The van der Waals surface area contributed by atoms with Crippen LogP contribution in [0.2, 0.25) is 0 Å². The van der Waals surface area contributed by atoms with E-state index in [-0.39, 0.29) is 12.9 Å². The lowest BCUT2D eigenvalue weighted by molar-refractivity contribution is -0.115. The van der Waals surface area contributed by atoms with Crippen molar-refractivity contribution in [1.82, 2.24) is 0 Å². The standard InChI is InChI=1S/C11H14O3/c1-13-9-14-11(7-8-12)10-5-3-2-4-6-10/h2-6,8,11H,7,9H2,1H3/t11-/m0/s1. The van der Waals surface area contributed by atoms with E-state index < -0.39 is 0 Å². The third-order valence-electron chi connectivity index (χ3n) is 1.87. The second kappa shape index (κ2) is 6.29. The summed E-state index contributed by atoms with van der Waals surface area (Å²) in [6.07, 6.45) is 1.01. The minimum atomic E-state index is -0.200. The molecule has 14 heavy (non-hydrogen) atoms. The number of aldehydes is 1. The average Bonchev–Trinajstić information content (AvgIpc) is 2.25. The molecule has 3 nitrogen and oxygen atoms in total. The van der Waals surface area contributed by atoms with Crippen molar-refractivity contribution < 1.29 is 14.3 Å². The van der Waals surface area contributed by atoms with Gasteiger partial charge in [0, 0.05) is 13.5 Å². The molecule has 0 aliphatic heterocycles. The maximum Gasteiger partial charge on any atom is 0.147 e. The topological polar surface area (TPSA) is 35.5 Å². The van der Waals surface area contributed by atoms with Crippen LogP contribution in [0.1, 0.15) is 18.1 Å². The Balaban J connectivity index is 2.62. The average molecular weight is 194 g/mol. The SMILES string of the molecule is COCO[C@@H](CC=O)c1ccccc1. The molecule has 0 aromatic heterocycles. The summed E-state index contributed by atoms with van der Waals surface area (Å²) in [6, 6.07) is 9.64. The first-order chi connectivity index (χ1) is 6.88. The number of carbonyl (C=O) groups excluding carboxylic acids is 1. The van der Waals surface area contributed by atoms with Crippen molar-refractivity contribution in [2.45, 2.75) is 12.5 Å². The van der Waals surface area contributed by atoms with Gasteiger partial charge in [0.25, 0.3) is 0 Å². The van der Waals surface area contributed by atoms with Gasteiger partial charge in [-0.25, -0.2) is 0 Å². The van der Waals surface area contributed by atoms with Crippen LogP contribution in [0.15, 0.2) is 30.3 Å². The molecule has 0 radical (unpaired) electrons. The molecule has 1 rings (SSSR count). The Morgan fingerprint density at radius 1 is 1.36 bits per heavy atom. The van der Waals surface area contributed by atoms with Crippen molar-refractivity contribution in [2.75, 3.05) is 13.9 Å². The number of rotatable bonds is 6. The highest BCUT2D eigenvalue weighted by atomic mass is 16.7. The van der Waals surface area contributed by atoms with E-state index in [1.54, 1.807) is 7.11 Å². The number of methoxy groups -OCH3 is 1. The number of hydrogen-bond donors (Lipinski definition) is 0. The van der Waals surface area contributed by atoms with Crippen LogP contribution >= 0.6 is 0 Å². The molecular weight excluding hydrogens is 180 g/mol. The normalized spacial score (nSPS) is 12.4. The van der Waals surface area contributed by atoms with E-state index in [0.717, 1.165) is 11.8 Å². The van der Waals surface area contributed by atoms with Gasteiger partial charge in [-0.15, -0.1) is 0 Å². The van der Waals surface area contributed by atoms with Gasteiger partial charge < -0.3 is 14.3 Å². The summed E-state index contributed by atoms with van der Waals surface area (Å²) in [4.78, 5) is 10.4. The molecule has 0 N–H and O–H groups in total. The Kier molecular flexibility index (Phi) is 4.89. The molecule has 0 spiro atoms. The Labute approximate surface area is 83.6 Å². The number of benzene rings is 1. The zero-order chi connectivity index (χ0) is 10.2. The molecular formula is C11H14O3. The highest BCUT2D eigenvalue weighted by Crippen LogP contribution is 2.19. The number of carbonyl (C=O) groups is 1. The molecule has 0 amide bonds. The van der Waals surface area contributed by atoms with Gasteiger partial charge in [0.15, 0.2) is 0 Å². The van der Waals surface area contributed by atoms with Crippen LogP contribution in [0.25, 0.3) is 0 Å². The molecule has 0 aliphatic carbocycles. The van der Waals surface area contributed by atoms with Gasteiger partial charge in [0.2, 0.25) is 0 Å². The Morgan fingerprint density at radius 3 is 2.64 bits per heavy atom. The van der Waals surface area contributed by atoms with E-state index in [4.69, 9.17) is 9.47 Å². The predicted molar refractivity (Wildman–Crippen MR) is 52.8 cm³/mol. The van der Waals surface area contributed by atoms with Gasteiger partial charge >= 0.3 is 0 Å². The largest absolute Gasteiger partial charge is 0.359 e. The number of hydrogen-bond acceptors (Lipinski definition) is 3. The monoisotopic (exact) mass is 194 g/mol. The van der Waals surface area contributed by atoms with Crippen molar-refractivity contribution >= 4 is 6.29 Å². The minimum absolute atomic E-state index is 0.200. The van der Waals surface area contributed by atoms with E-state index in [1.165, 1.54) is 0 Å². The molecule has 1 atom stereocenters. The van der Waals surface area contributed by atoms with Crippen molar-refractivity contribution in [3.8, 4) is 0 Å². The summed E-state index contributed by atoms with van der Waals surface area (Å²) >= 11 is 0. The third kappa shape index (κ3) is 3.28. The molecule has 1 aromatic carbocycles. The Morgan fingerprint density at radius 2 is 2.07 bits per heavy atom. The second-order valence-electron chi connectivity index (χ2n) is 2.87. The maximum absolute atomic E-state index is 10.4. The van der Waals surface area contributed by atoms with Crippen molar-refractivity contribution in [3.05, 3.63) is 35.9 Å². The fourth-order valence-corrected chi connectivity index (χ4v) is 1.21. The van der Waals surface area contributed by atoms with Crippen LogP contribution in [0.4, 0.5) is 0 Å². The second-order valence-corrected chi connectivity index (χ2v) is 2.87. The molecule has 0 heterocycles. The van der Waals surface area contributed by atoms with Crippen LogP contribution < -0.4 is 0 Å². The molecule has 76 valence electrons. The van der Waals surface area contributed by atoms with Crippen LogP contribution in [-0.2, 0) is 14.3 Å². The zero-order valence-corrected chi connectivity index (χ0v) is 8.18. The first kappa shape index (κ1) is 10.9. The van der Waals surface area contributed by atoms with Crippen LogP contribution in [-0.4, -0.2) is 20.2 Å². The van der Waals surface area contributed by atoms with Gasteiger partial charge in [-0.3, -0.25) is 0 Å². The molecule has 3 heteroatoms. The third-order valence-corrected chi connectivity index (χ3v) is 1.87.